The summed E-state index contributed by atoms with van der Waals surface area (Å²) in [5, 5.41) is 8.93. The van der Waals surface area contributed by atoms with Gasteiger partial charge < -0.3 is 5.11 Å². The Labute approximate surface area is 98.5 Å². The Morgan fingerprint density at radius 1 is 1.47 bits per heavy atom. The van der Waals surface area contributed by atoms with Gasteiger partial charge in [0.25, 0.3) is 0 Å². The summed E-state index contributed by atoms with van der Waals surface area (Å²) < 4.78 is 60.1. The van der Waals surface area contributed by atoms with E-state index in [0.29, 0.717) is 19.4 Å². The highest BCUT2D eigenvalue weighted by atomic mass is 32.2. The first-order valence-corrected chi connectivity index (χ1v) is 7.15. The van der Waals surface area contributed by atoms with Crippen LogP contribution in [0.15, 0.2) is 0 Å². The van der Waals surface area contributed by atoms with E-state index in [4.69, 9.17) is 5.11 Å². The predicted molar refractivity (Wildman–Crippen MR) is 55.8 cm³/mol. The molecule has 0 aromatic rings. The molecule has 1 aliphatic rings. The highest BCUT2D eigenvalue weighted by Gasteiger charge is 2.40. The number of piperidine rings is 1. The number of alkyl halides is 3. The van der Waals surface area contributed by atoms with Gasteiger partial charge in [0.1, 0.15) is 6.10 Å². The molecular weight excluding hydrogens is 259 g/mol. The first-order chi connectivity index (χ1) is 7.60. The van der Waals surface area contributed by atoms with E-state index < -0.39 is 34.6 Å². The molecule has 0 aromatic heterocycles. The Bertz CT molecular complexity index is 355. The molecule has 1 fully saturated rings. The molecule has 2 unspecified atom stereocenters. The number of aliphatic hydroxyl groups is 1. The molecule has 0 amide bonds. The van der Waals surface area contributed by atoms with E-state index in [1.807, 2.05) is 0 Å². The highest BCUT2D eigenvalue weighted by Crippen LogP contribution is 2.29. The molecule has 1 aliphatic heterocycles. The SMILES string of the molecule is CS(=O)(=O)N1CCCC(CC(O)C(F)(F)F)C1. The van der Waals surface area contributed by atoms with Crippen molar-refractivity contribution in [3.63, 3.8) is 0 Å². The number of sulfonamides is 1. The quantitative estimate of drug-likeness (QED) is 0.835. The van der Waals surface area contributed by atoms with Crippen molar-refractivity contribution in [3.8, 4) is 0 Å². The second-order valence-corrected chi connectivity index (χ2v) is 6.40. The first-order valence-electron chi connectivity index (χ1n) is 5.30. The standard InChI is InChI=1S/C9H16F3NO3S/c1-17(15,16)13-4-2-3-7(6-13)5-8(14)9(10,11)12/h7-8,14H,2-6H2,1H3. The summed E-state index contributed by atoms with van der Waals surface area (Å²) in [5.74, 6) is -0.435. The molecule has 0 saturated carbocycles. The molecule has 1 N–H and O–H groups in total. The third-order valence-corrected chi connectivity index (χ3v) is 4.15. The monoisotopic (exact) mass is 275 g/mol. The number of hydrogen-bond donors (Lipinski definition) is 1. The van der Waals surface area contributed by atoms with Crippen molar-refractivity contribution in [2.75, 3.05) is 19.3 Å². The van der Waals surface area contributed by atoms with Crippen LogP contribution in [-0.2, 0) is 10.0 Å². The van der Waals surface area contributed by atoms with Gasteiger partial charge in [-0.2, -0.15) is 13.2 Å². The van der Waals surface area contributed by atoms with Crippen molar-refractivity contribution in [2.24, 2.45) is 5.92 Å². The largest absolute Gasteiger partial charge is 0.414 e. The van der Waals surface area contributed by atoms with Gasteiger partial charge in [-0.05, 0) is 25.2 Å². The van der Waals surface area contributed by atoms with Crippen LogP contribution in [0.1, 0.15) is 19.3 Å². The van der Waals surface area contributed by atoms with Crippen LogP contribution in [0.3, 0.4) is 0 Å². The van der Waals surface area contributed by atoms with E-state index in [0.717, 1.165) is 6.26 Å². The summed E-state index contributed by atoms with van der Waals surface area (Å²) in [6.07, 6.45) is -5.35. The van der Waals surface area contributed by atoms with Crippen molar-refractivity contribution in [1.29, 1.82) is 0 Å². The average Bonchev–Trinajstić information content (AvgIpc) is 2.15. The topological polar surface area (TPSA) is 57.6 Å². The minimum absolute atomic E-state index is 0.0615. The Kier molecular flexibility index (Phi) is 4.43. The summed E-state index contributed by atoms with van der Waals surface area (Å²) >= 11 is 0. The van der Waals surface area contributed by atoms with Crippen LogP contribution < -0.4 is 0 Å². The second kappa shape index (κ2) is 5.11. The number of nitrogens with zero attached hydrogens (tertiary/aromatic N) is 1. The van der Waals surface area contributed by atoms with E-state index in [1.54, 1.807) is 0 Å². The Morgan fingerprint density at radius 3 is 2.53 bits per heavy atom. The minimum Gasteiger partial charge on any atom is -0.384 e. The molecule has 1 heterocycles. The number of halogens is 3. The molecule has 0 radical (unpaired) electrons. The lowest BCUT2D eigenvalue weighted by molar-refractivity contribution is -0.209. The van der Waals surface area contributed by atoms with Gasteiger partial charge in [0.05, 0.1) is 6.26 Å². The van der Waals surface area contributed by atoms with Crippen molar-refractivity contribution in [2.45, 2.75) is 31.5 Å². The van der Waals surface area contributed by atoms with E-state index in [-0.39, 0.29) is 6.54 Å². The molecule has 0 aliphatic carbocycles. The maximum Gasteiger partial charge on any atom is 0.414 e. The molecule has 0 bridgehead atoms. The van der Waals surface area contributed by atoms with Gasteiger partial charge in [0.2, 0.25) is 10.0 Å². The van der Waals surface area contributed by atoms with Crippen molar-refractivity contribution in [3.05, 3.63) is 0 Å². The number of hydrogen-bond acceptors (Lipinski definition) is 3. The molecule has 8 heteroatoms. The van der Waals surface area contributed by atoms with Crippen LogP contribution in [-0.4, -0.2) is 49.5 Å². The lowest BCUT2D eigenvalue weighted by atomic mass is 9.93. The zero-order valence-electron chi connectivity index (χ0n) is 9.44. The molecule has 0 aromatic carbocycles. The van der Waals surface area contributed by atoms with Gasteiger partial charge in [-0.25, -0.2) is 12.7 Å². The third kappa shape index (κ3) is 4.44. The van der Waals surface area contributed by atoms with Crippen molar-refractivity contribution in [1.82, 2.24) is 4.31 Å². The maximum atomic E-state index is 12.2. The Hall–Kier alpha value is -0.340. The number of aliphatic hydroxyl groups excluding tert-OH is 1. The van der Waals surface area contributed by atoms with Gasteiger partial charge >= 0.3 is 6.18 Å². The average molecular weight is 275 g/mol. The first kappa shape index (κ1) is 14.7. The fourth-order valence-corrected chi connectivity index (χ4v) is 2.91. The van der Waals surface area contributed by atoms with Gasteiger partial charge in [0.15, 0.2) is 0 Å². The van der Waals surface area contributed by atoms with Crippen LogP contribution in [0.25, 0.3) is 0 Å². The smallest absolute Gasteiger partial charge is 0.384 e. The van der Waals surface area contributed by atoms with E-state index in [1.165, 1.54) is 4.31 Å². The van der Waals surface area contributed by atoms with E-state index in [2.05, 4.69) is 0 Å². The third-order valence-electron chi connectivity index (χ3n) is 2.89. The van der Waals surface area contributed by atoms with Crippen LogP contribution in [0, 0.1) is 5.92 Å². The highest BCUT2D eigenvalue weighted by molar-refractivity contribution is 7.88. The molecule has 2 atom stereocenters. The van der Waals surface area contributed by atoms with Crippen molar-refractivity contribution >= 4 is 10.0 Å². The van der Waals surface area contributed by atoms with Crippen molar-refractivity contribution < 1.29 is 26.7 Å². The molecule has 102 valence electrons. The minimum atomic E-state index is -4.63. The zero-order valence-corrected chi connectivity index (χ0v) is 10.3. The summed E-state index contributed by atoms with van der Waals surface area (Å²) in [5.41, 5.74) is 0. The zero-order chi connectivity index (χ0) is 13.3. The Morgan fingerprint density at radius 2 is 2.06 bits per heavy atom. The number of rotatable bonds is 3. The lowest BCUT2D eigenvalue weighted by Gasteiger charge is -2.32. The summed E-state index contributed by atoms with van der Waals surface area (Å²) in [7, 11) is -3.36. The molecule has 4 nitrogen and oxygen atoms in total. The fourth-order valence-electron chi connectivity index (χ4n) is 1.97. The van der Waals surface area contributed by atoms with Gasteiger partial charge in [0, 0.05) is 13.1 Å². The predicted octanol–water partition coefficient (Wildman–Crippen LogP) is 0.971. The van der Waals surface area contributed by atoms with Gasteiger partial charge in [-0.3, -0.25) is 0 Å². The molecule has 17 heavy (non-hydrogen) atoms. The maximum absolute atomic E-state index is 12.2. The molecule has 1 saturated heterocycles. The van der Waals surface area contributed by atoms with E-state index >= 15 is 0 Å². The fraction of sp³-hybridized carbons (Fsp3) is 1.00. The second-order valence-electron chi connectivity index (χ2n) is 4.42. The summed E-state index contributed by atoms with van der Waals surface area (Å²) in [4.78, 5) is 0. The van der Waals surface area contributed by atoms with Gasteiger partial charge in [-0.1, -0.05) is 0 Å². The van der Waals surface area contributed by atoms with E-state index in [9.17, 15) is 21.6 Å². The van der Waals surface area contributed by atoms with Gasteiger partial charge in [-0.15, -0.1) is 0 Å². The summed E-state index contributed by atoms with van der Waals surface area (Å²) in [6, 6.07) is 0. The normalized spacial score (nSPS) is 25.8. The summed E-state index contributed by atoms with van der Waals surface area (Å²) in [6.45, 7) is 0.406. The Balaban J connectivity index is 2.57. The van der Waals surface area contributed by atoms with Crippen LogP contribution in [0.5, 0.6) is 0 Å². The van der Waals surface area contributed by atoms with Crippen LogP contribution >= 0.6 is 0 Å². The molecule has 1 rings (SSSR count). The van der Waals surface area contributed by atoms with Crippen LogP contribution in [0.2, 0.25) is 0 Å². The lowest BCUT2D eigenvalue weighted by Crippen LogP contribution is -2.41. The molecule has 0 spiro atoms. The molecular formula is C9H16F3NO3S. The van der Waals surface area contributed by atoms with Crippen LogP contribution in [0.4, 0.5) is 13.2 Å².